The number of rotatable bonds is 6. The van der Waals surface area contributed by atoms with Crippen molar-refractivity contribution in [1.82, 2.24) is 20.2 Å². The largest absolute Gasteiger partial charge is 0.471 e. The summed E-state index contributed by atoms with van der Waals surface area (Å²) in [5, 5.41) is 1.54. The molecule has 1 aromatic carbocycles. The standard InChI is InChI=1S/C20H20F3N5O4/c21-20(22,23)17(30)26-12-16(29)15-4-2-14(3-5-15)13-28(18-24-6-1-7-25-18)19(31)27-8-10-32-11-9-27/h1-7H,8-13H2,(H,26,30). The molecule has 1 aliphatic heterocycles. The van der Waals surface area contributed by atoms with Crippen LogP contribution in [0.5, 0.6) is 0 Å². The first-order valence-corrected chi connectivity index (χ1v) is 9.64. The molecule has 0 radical (unpaired) electrons. The number of carbonyl (C=O) groups is 3. The normalized spacial score (nSPS) is 14.0. The number of ketones is 1. The molecule has 0 saturated carbocycles. The summed E-state index contributed by atoms with van der Waals surface area (Å²) in [5.74, 6) is -2.65. The number of ether oxygens (including phenoxy) is 1. The van der Waals surface area contributed by atoms with Gasteiger partial charge >= 0.3 is 18.1 Å². The lowest BCUT2D eigenvalue weighted by Gasteiger charge is -2.32. The molecule has 9 nitrogen and oxygen atoms in total. The SMILES string of the molecule is O=C(CNC(=O)C(F)(F)F)c1ccc(CN(C(=O)N2CCOCC2)c2ncccn2)cc1. The fraction of sp³-hybridized carbons (Fsp3) is 0.350. The van der Waals surface area contributed by atoms with E-state index in [0.717, 1.165) is 0 Å². The molecule has 3 amide bonds. The van der Waals surface area contributed by atoms with Crippen LogP contribution < -0.4 is 10.2 Å². The van der Waals surface area contributed by atoms with Gasteiger partial charge in [-0.2, -0.15) is 13.2 Å². The van der Waals surface area contributed by atoms with E-state index in [-0.39, 0.29) is 24.1 Å². The number of hydrogen-bond donors (Lipinski definition) is 1. The average Bonchev–Trinajstić information content (AvgIpc) is 2.81. The van der Waals surface area contributed by atoms with Crippen molar-refractivity contribution in [3.8, 4) is 0 Å². The first-order valence-electron chi connectivity index (χ1n) is 9.64. The van der Waals surface area contributed by atoms with Gasteiger partial charge in [-0.05, 0) is 11.6 Å². The fourth-order valence-corrected chi connectivity index (χ4v) is 2.92. The van der Waals surface area contributed by atoms with Gasteiger partial charge in [0, 0.05) is 31.0 Å². The van der Waals surface area contributed by atoms with Gasteiger partial charge in [0.1, 0.15) is 0 Å². The van der Waals surface area contributed by atoms with Gasteiger partial charge in [0.15, 0.2) is 5.78 Å². The van der Waals surface area contributed by atoms with Crippen LogP contribution in [-0.4, -0.2) is 71.6 Å². The number of nitrogens with zero attached hydrogens (tertiary/aromatic N) is 4. The van der Waals surface area contributed by atoms with Crippen LogP contribution in [0, 0.1) is 0 Å². The van der Waals surface area contributed by atoms with E-state index in [9.17, 15) is 27.6 Å². The molecule has 12 heteroatoms. The molecule has 170 valence electrons. The minimum absolute atomic E-state index is 0.111. The third-order valence-corrected chi connectivity index (χ3v) is 4.59. The molecular formula is C20H20F3N5O4. The highest BCUT2D eigenvalue weighted by Gasteiger charge is 2.38. The van der Waals surface area contributed by atoms with Crippen molar-refractivity contribution in [1.29, 1.82) is 0 Å². The molecule has 1 N–H and O–H groups in total. The van der Waals surface area contributed by atoms with Crippen LogP contribution >= 0.6 is 0 Å². The summed E-state index contributed by atoms with van der Waals surface area (Å²) in [6, 6.07) is 7.30. The molecule has 3 rings (SSSR count). The lowest BCUT2D eigenvalue weighted by Crippen LogP contribution is -2.48. The number of alkyl halides is 3. The summed E-state index contributed by atoms with van der Waals surface area (Å²) >= 11 is 0. The molecule has 2 heterocycles. The number of hydrogen-bond acceptors (Lipinski definition) is 6. The predicted molar refractivity (Wildman–Crippen MR) is 106 cm³/mol. The van der Waals surface area contributed by atoms with E-state index >= 15 is 0 Å². The van der Waals surface area contributed by atoms with E-state index in [0.29, 0.717) is 31.9 Å². The molecule has 1 aromatic heterocycles. The van der Waals surface area contributed by atoms with Gasteiger partial charge < -0.3 is 15.0 Å². The number of carbonyl (C=O) groups excluding carboxylic acids is 3. The number of aromatic nitrogens is 2. The van der Waals surface area contributed by atoms with Gasteiger partial charge in [0.05, 0.1) is 26.3 Å². The lowest BCUT2D eigenvalue weighted by atomic mass is 10.1. The molecule has 0 aliphatic carbocycles. The number of anilines is 1. The van der Waals surface area contributed by atoms with E-state index in [4.69, 9.17) is 4.74 Å². The van der Waals surface area contributed by atoms with Crippen LogP contribution in [0.1, 0.15) is 15.9 Å². The van der Waals surface area contributed by atoms with Crippen molar-refractivity contribution >= 4 is 23.7 Å². The second-order valence-electron chi connectivity index (χ2n) is 6.82. The summed E-state index contributed by atoms with van der Waals surface area (Å²) in [6.45, 7) is 1.04. The van der Waals surface area contributed by atoms with Crippen molar-refractivity contribution in [2.75, 3.05) is 37.7 Å². The molecule has 0 atom stereocenters. The lowest BCUT2D eigenvalue weighted by molar-refractivity contribution is -0.173. The Balaban J connectivity index is 1.69. The van der Waals surface area contributed by atoms with E-state index in [1.165, 1.54) is 29.4 Å². The van der Waals surface area contributed by atoms with Gasteiger partial charge in [-0.1, -0.05) is 24.3 Å². The minimum Gasteiger partial charge on any atom is -0.378 e. The summed E-state index contributed by atoms with van der Waals surface area (Å²) in [5.41, 5.74) is 0.771. The number of Topliss-reactive ketones (excluding diaryl/α,β-unsaturated/α-hetero) is 1. The van der Waals surface area contributed by atoms with Gasteiger partial charge in [-0.3, -0.25) is 14.5 Å². The maximum atomic E-state index is 13.0. The quantitative estimate of drug-likeness (QED) is 0.672. The van der Waals surface area contributed by atoms with Crippen molar-refractivity contribution < 1.29 is 32.3 Å². The van der Waals surface area contributed by atoms with Crippen molar-refractivity contribution in [3.05, 3.63) is 53.9 Å². The molecular weight excluding hydrogens is 431 g/mol. The van der Waals surface area contributed by atoms with Crippen LogP contribution in [0.25, 0.3) is 0 Å². The fourth-order valence-electron chi connectivity index (χ4n) is 2.92. The summed E-state index contributed by atoms with van der Waals surface area (Å²) in [7, 11) is 0. The maximum Gasteiger partial charge on any atom is 0.471 e. The second-order valence-corrected chi connectivity index (χ2v) is 6.82. The number of nitrogens with one attached hydrogen (secondary N) is 1. The van der Waals surface area contributed by atoms with E-state index in [1.54, 1.807) is 28.4 Å². The molecule has 1 fully saturated rings. The Morgan fingerprint density at radius 3 is 2.28 bits per heavy atom. The zero-order valence-corrected chi connectivity index (χ0v) is 16.8. The minimum atomic E-state index is -5.06. The van der Waals surface area contributed by atoms with E-state index in [1.807, 2.05) is 0 Å². The summed E-state index contributed by atoms with van der Waals surface area (Å²) in [6.07, 6.45) is -2.03. The average molecular weight is 451 g/mol. The van der Waals surface area contributed by atoms with Gasteiger partial charge in [0.2, 0.25) is 5.95 Å². The highest BCUT2D eigenvalue weighted by molar-refractivity contribution is 5.99. The third-order valence-electron chi connectivity index (χ3n) is 4.59. The van der Waals surface area contributed by atoms with E-state index in [2.05, 4.69) is 9.97 Å². The van der Waals surface area contributed by atoms with Gasteiger partial charge in [0.25, 0.3) is 0 Å². The molecule has 0 spiro atoms. The molecule has 0 unspecified atom stereocenters. The van der Waals surface area contributed by atoms with Crippen LogP contribution in [0.4, 0.5) is 23.9 Å². The van der Waals surface area contributed by atoms with Gasteiger partial charge in [-0.15, -0.1) is 0 Å². The third kappa shape index (κ3) is 6.00. The van der Waals surface area contributed by atoms with Crippen molar-refractivity contribution in [2.45, 2.75) is 12.7 Å². The highest BCUT2D eigenvalue weighted by atomic mass is 19.4. The Hall–Kier alpha value is -3.54. The second kappa shape index (κ2) is 10.2. The first kappa shape index (κ1) is 23.1. The first-order chi connectivity index (χ1) is 15.3. The van der Waals surface area contributed by atoms with Gasteiger partial charge in [-0.25, -0.2) is 14.8 Å². The van der Waals surface area contributed by atoms with Crippen LogP contribution in [0.3, 0.4) is 0 Å². The maximum absolute atomic E-state index is 13.0. The Kier molecular flexibility index (Phi) is 7.36. The number of urea groups is 1. The molecule has 1 aliphatic rings. The Morgan fingerprint density at radius 1 is 1.06 bits per heavy atom. The number of benzene rings is 1. The smallest absolute Gasteiger partial charge is 0.378 e. The van der Waals surface area contributed by atoms with Crippen LogP contribution in [-0.2, 0) is 16.1 Å². The predicted octanol–water partition coefficient (Wildman–Crippen LogP) is 1.80. The van der Waals surface area contributed by atoms with Crippen molar-refractivity contribution in [3.63, 3.8) is 0 Å². The van der Waals surface area contributed by atoms with Crippen molar-refractivity contribution in [2.24, 2.45) is 0 Å². The summed E-state index contributed by atoms with van der Waals surface area (Å²) < 4.78 is 42.0. The number of morpholine rings is 1. The Morgan fingerprint density at radius 2 is 1.69 bits per heavy atom. The topological polar surface area (TPSA) is 105 Å². The zero-order valence-electron chi connectivity index (χ0n) is 16.8. The highest BCUT2D eigenvalue weighted by Crippen LogP contribution is 2.17. The molecule has 32 heavy (non-hydrogen) atoms. The number of amides is 3. The van der Waals surface area contributed by atoms with Crippen LogP contribution in [0.15, 0.2) is 42.7 Å². The number of halogens is 3. The Bertz CT molecular complexity index is 948. The monoisotopic (exact) mass is 451 g/mol. The Labute approximate surface area is 181 Å². The summed E-state index contributed by atoms with van der Waals surface area (Å²) in [4.78, 5) is 47.3. The van der Waals surface area contributed by atoms with Crippen LogP contribution in [0.2, 0.25) is 0 Å². The van der Waals surface area contributed by atoms with E-state index < -0.39 is 24.4 Å². The molecule has 1 saturated heterocycles. The zero-order chi connectivity index (χ0) is 23.1. The molecule has 0 bridgehead atoms. The molecule has 2 aromatic rings.